The number of carbonyl (C=O) groups is 1. The number of thiazole rings is 1. The first-order valence-electron chi connectivity index (χ1n) is 8.19. The second-order valence-electron chi connectivity index (χ2n) is 5.74. The largest absolute Gasteiger partial charge is 0.497 e. The van der Waals surface area contributed by atoms with Gasteiger partial charge in [-0.05, 0) is 48.9 Å². The first-order chi connectivity index (χ1) is 12.6. The van der Waals surface area contributed by atoms with Gasteiger partial charge < -0.3 is 14.8 Å². The third kappa shape index (κ3) is 4.83. The van der Waals surface area contributed by atoms with Crippen LogP contribution in [0.2, 0.25) is 0 Å². The molecule has 3 rings (SSSR count). The van der Waals surface area contributed by atoms with E-state index in [4.69, 9.17) is 9.47 Å². The topological polar surface area (TPSA) is 60.5 Å². The van der Waals surface area contributed by atoms with Crippen LogP contribution in [-0.4, -0.2) is 24.6 Å². The SMILES string of the molecule is COc1cccc(CNC(=O)COc2ccc(-c3nc(C)cs3)cc2)c1. The summed E-state index contributed by atoms with van der Waals surface area (Å²) in [5.74, 6) is 1.24. The van der Waals surface area contributed by atoms with Crippen LogP contribution in [0.1, 0.15) is 11.3 Å². The fourth-order valence-corrected chi connectivity index (χ4v) is 3.17. The van der Waals surface area contributed by atoms with Crippen molar-refractivity contribution in [1.82, 2.24) is 10.3 Å². The molecule has 0 unspecified atom stereocenters. The van der Waals surface area contributed by atoms with Crippen molar-refractivity contribution in [2.24, 2.45) is 0 Å². The lowest BCUT2D eigenvalue weighted by Crippen LogP contribution is -2.28. The van der Waals surface area contributed by atoms with Gasteiger partial charge >= 0.3 is 0 Å². The van der Waals surface area contributed by atoms with Crippen molar-refractivity contribution < 1.29 is 14.3 Å². The monoisotopic (exact) mass is 368 g/mol. The number of hydrogen-bond donors (Lipinski definition) is 1. The molecular formula is C20H20N2O3S. The van der Waals surface area contributed by atoms with Crippen molar-refractivity contribution in [2.75, 3.05) is 13.7 Å². The Labute approximate surface area is 156 Å². The van der Waals surface area contributed by atoms with Crippen LogP contribution in [0, 0.1) is 6.92 Å². The molecule has 0 aliphatic carbocycles. The van der Waals surface area contributed by atoms with Crippen molar-refractivity contribution in [1.29, 1.82) is 0 Å². The molecule has 0 fully saturated rings. The molecule has 1 amide bonds. The Morgan fingerprint density at radius 3 is 2.65 bits per heavy atom. The Bertz CT molecular complexity index is 875. The molecule has 0 bridgehead atoms. The third-order valence-electron chi connectivity index (χ3n) is 3.71. The average molecular weight is 368 g/mol. The Kier molecular flexibility index (Phi) is 5.86. The lowest BCUT2D eigenvalue weighted by atomic mass is 10.2. The van der Waals surface area contributed by atoms with E-state index in [1.54, 1.807) is 18.4 Å². The molecule has 1 aromatic heterocycles. The van der Waals surface area contributed by atoms with Crippen LogP contribution in [0.4, 0.5) is 0 Å². The molecule has 0 spiro atoms. The Hall–Kier alpha value is -2.86. The molecule has 0 atom stereocenters. The molecule has 26 heavy (non-hydrogen) atoms. The molecule has 0 saturated carbocycles. The molecule has 6 heteroatoms. The van der Waals surface area contributed by atoms with Crippen molar-refractivity contribution >= 4 is 17.2 Å². The van der Waals surface area contributed by atoms with Gasteiger partial charge in [0.25, 0.3) is 5.91 Å². The second kappa shape index (κ2) is 8.49. The van der Waals surface area contributed by atoms with E-state index >= 15 is 0 Å². The number of benzene rings is 2. The van der Waals surface area contributed by atoms with Crippen LogP contribution < -0.4 is 14.8 Å². The van der Waals surface area contributed by atoms with Crippen LogP contribution in [0.3, 0.4) is 0 Å². The predicted octanol–water partition coefficient (Wildman–Crippen LogP) is 3.82. The number of hydrogen-bond acceptors (Lipinski definition) is 5. The number of methoxy groups -OCH3 is 1. The number of rotatable bonds is 7. The molecule has 0 aliphatic rings. The molecule has 5 nitrogen and oxygen atoms in total. The summed E-state index contributed by atoms with van der Waals surface area (Å²) in [7, 11) is 1.62. The summed E-state index contributed by atoms with van der Waals surface area (Å²) in [6.45, 7) is 2.38. The molecule has 0 aliphatic heterocycles. The van der Waals surface area contributed by atoms with Gasteiger partial charge in [0.1, 0.15) is 16.5 Å². The maximum Gasteiger partial charge on any atom is 0.258 e. The molecule has 2 aromatic carbocycles. The van der Waals surface area contributed by atoms with Crippen LogP contribution >= 0.6 is 11.3 Å². The number of nitrogens with zero attached hydrogens (tertiary/aromatic N) is 1. The van der Waals surface area contributed by atoms with Gasteiger partial charge in [-0.15, -0.1) is 11.3 Å². The number of aromatic nitrogens is 1. The number of amides is 1. The van der Waals surface area contributed by atoms with E-state index < -0.39 is 0 Å². The lowest BCUT2D eigenvalue weighted by Gasteiger charge is -2.09. The number of ether oxygens (including phenoxy) is 2. The van der Waals surface area contributed by atoms with Crippen LogP contribution in [0.5, 0.6) is 11.5 Å². The predicted molar refractivity (Wildman–Crippen MR) is 103 cm³/mol. The summed E-state index contributed by atoms with van der Waals surface area (Å²) in [4.78, 5) is 16.4. The van der Waals surface area contributed by atoms with Gasteiger partial charge in [0.05, 0.1) is 7.11 Å². The zero-order valence-electron chi connectivity index (χ0n) is 14.7. The fourth-order valence-electron chi connectivity index (χ4n) is 2.36. The number of nitrogens with one attached hydrogen (secondary N) is 1. The van der Waals surface area contributed by atoms with Crippen molar-refractivity contribution in [3.8, 4) is 22.1 Å². The summed E-state index contributed by atoms with van der Waals surface area (Å²) < 4.78 is 10.7. The summed E-state index contributed by atoms with van der Waals surface area (Å²) >= 11 is 1.61. The quantitative estimate of drug-likeness (QED) is 0.689. The first-order valence-corrected chi connectivity index (χ1v) is 9.07. The summed E-state index contributed by atoms with van der Waals surface area (Å²) in [5, 5.41) is 5.83. The van der Waals surface area contributed by atoms with Crippen molar-refractivity contribution in [3.05, 3.63) is 65.2 Å². The molecular weight excluding hydrogens is 348 g/mol. The van der Waals surface area contributed by atoms with Gasteiger partial charge in [0, 0.05) is 23.2 Å². The second-order valence-corrected chi connectivity index (χ2v) is 6.59. The van der Waals surface area contributed by atoms with E-state index in [1.165, 1.54) is 0 Å². The Morgan fingerprint density at radius 1 is 1.15 bits per heavy atom. The first kappa shape index (κ1) is 17.9. The molecule has 1 N–H and O–H groups in total. The Balaban J connectivity index is 1.48. The molecule has 0 saturated heterocycles. The number of aryl methyl sites for hydroxylation is 1. The molecule has 0 radical (unpaired) electrons. The zero-order valence-corrected chi connectivity index (χ0v) is 15.5. The lowest BCUT2D eigenvalue weighted by molar-refractivity contribution is -0.123. The van der Waals surface area contributed by atoms with E-state index in [9.17, 15) is 4.79 Å². The van der Waals surface area contributed by atoms with Crippen LogP contribution in [0.15, 0.2) is 53.9 Å². The summed E-state index contributed by atoms with van der Waals surface area (Å²) in [6.07, 6.45) is 0. The highest BCUT2D eigenvalue weighted by molar-refractivity contribution is 7.13. The molecule has 134 valence electrons. The van der Waals surface area contributed by atoms with E-state index in [2.05, 4.69) is 10.3 Å². The third-order valence-corrected chi connectivity index (χ3v) is 4.72. The van der Waals surface area contributed by atoms with Crippen LogP contribution in [0.25, 0.3) is 10.6 Å². The maximum atomic E-state index is 12.0. The highest BCUT2D eigenvalue weighted by Crippen LogP contribution is 2.25. The summed E-state index contributed by atoms with van der Waals surface area (Å²) in [5.41, 5.74) is 3.02. The Morgan fingerprint density at radius 2 is 1.96 bits per heavy atom. The fraction of sp³-hybridized carbons (Fsp3) is 0.200. The minimum atomic E-state index is -0.174. The van der Waals surface area contributed by atoms with Crippen molar-refractivity contribution in [2.45, 2.75) is 13.5 Å². The average Bonchev–Trinajstić information content (AvgIpc) is 3.11. The van der Waals surface area contributed by atoms with Gasteiger partial charge in [0.2, 0.25) is 0 Å². The van der Waals surface area contributed by atoms with Crippen LogP contribution in [-0.2, 0) is 11.3 Å². The van der Waals surface area contributed by atoms with Crippen molar-refractivity contribution in [3.63, 3.8) is 0 Å². The highest BCUT2D eigenvalue weighted by Gasteiger charge is 2.06. The maximum absolute atomic E-state index is 12.0. The summed E-state index contributed by atoms with van der Waals surface area (Å²) in [6, 6.07) is 15.2. The van der Waals surface area contributed by atoms with Gasteiger partial charge in [-0.1, -0.05) is 12.1 Å². The normalized spacial score (nSPS) is 10.4. The highest BCUT2D eigenvalue weighted by atomic mass is 32.1. The van der Waals surface area contributed by atoms with E-state index in [0.29, 0.717) is 12.3 Å². The molecule has 3 aromatic rings. The number of carbonyl (C=O) groups excluding carboxylic acids is 1. The minimum absolute atomic E-state index is 0.0281. The van der Waals surface area contributed by atoms with E-state index in [-0.39, 0.29) is 12.5 Å². The van der Waals surface area contributed by atoms with Gasteiger partial charge in [-0.3, -0.25) is 4.79 Å². The van der Waals surface area contributed by atoms with E-state index in [0.717, 1.165) is 27.6 Å². The van der Waals surface area contributed by atoms with Gasteiger partial charge in [-0.2, -0.15) is 0 Å². The minimum Gasteiger partial charge on any atom is -0.497 e. The smallest absolute Gasteiger partial charge is 0.258 e. The van der Waals surface area contributed by atoms with Gasteiger partial charge in [-0.25, -0.2) is 4.98 Å². The van der Waals surface area contributed by atoms with E-state index in [1.807, 2.05) is 60.8 Å². The molecule has 1 heterocycles. The standard InChI is InChI=1S/C20H20N2O3S/c1-14-13-26-20(22-14)16-6-8-17(9-7-16)25-12-19(23)21-11-15-4-3-5-18(10-15)24-2/h3-10,13H,11-12H2,1-2H3,(H,21,23). The van der Waals surface area contributed by atoms with Gasteiger partial charge in [0.15, 0.2) is 6.61 Å². The zero-order chi connectivity index (χ0) is 18.4.